The van der Waals surface area contributed by atoms with E-state index in [-0.39, 0.29) is 18.8 Å². The van der Waals surface area contributed by atoms with Crippen LogP contribution >= 0.6 is 11.6 Å². The van der Waals surface area contributed by atoms with Crippen LogP contribution in [-0.2, 0) is 11.3 Å². The molecule has 0 saturated heterocycles. The molecule has 0 aliphatic heterocycles. The molecule has 0 bridgehead atoms. The lowest BCUT2D eigenvalue weighted by Crippen LogP contribution is -2.33. The fourth-order valence-electron chi connectivity index (χ4n) is 2.77. The van der Waals surface area contributed by atoms with Crippen molar-refractivity contribution < 1.29 is 18.0 Å². The molecule has 3 aromatic rings. The van der Waals surface area contributed by atoms with Crippen molar-refractivity contribution in [3.05, 3.63) is 65.0 Å². The molecule has 0 aliphatic rings. The van der Waals surface area contributed by atoms with Crippen LogP contribution in [0.2, 0.25) is 5.02 Å². The lowest BCUT2D eigenvalue weighted by Gasteiger charge is -2.19. The van der Waals surface area contributed by atoms with Crippen molar-refractivity contribution >= 4 is 23.2 Å². The third kappa shape index (κ3) is 5.58. The summed E-state index contributed by atoms with van der Waals surface area (Å²) in [4.78, 5) is 14.1. The summed E-state index contributed by atoms with van der Waals surface area (Å²) in [5, 5.41) is 11.0. The summed E-state index contributed by atoms with van der Waals surface area (Å²) in [7, 11) is 0. The minimum absolute atomic E-state index is 0.0194. The molecule has 1 aromatic heterocycles. The first-order valence-electron chi connectivity index (χ1n) is 9.00. The number of halogens is 3. The molecule has 1 N–H and O–H groups in total. The SMILES string of the molecule is CCCN(CC(=O)Nc1ccc(F)cc1F)Cc1nnc(-c2ccccc2Cl)o1. The number of amides is 1. The van der Waals surface area contributed by atoms with Crippen LogP contribution in [0.4, 0.5) is 14.5 Å². The molecule has 2 aromatic carbocycles. The fraction of sp³-hybridized carbons (Fsp3) is 0.250. The standard InChI is InChI=1S/C20H19ClF2N4O2/c1-2-9-27(11-18(28)24-17-8-7-13(22)10-16(17)23)12-19-25-26-20(29-19)14-5-3-4-6-15(14)21/h3-8,10H,2,9,11-12H2,1H3,(H,24,28). The lowest BCUT2D eigenvalue weighted by molar-refractivity contribution is -0.117. The first-order valence-corrected chi connectivity index (χ1v) is 9.38. The Morgan fingerprint density at radius 2 is 2.00 bits per heavy atom. The van der Waals surface area contributed by atoms with Gasteiger partial charge in [0, 0.05) is 6.07 Å². The summed E-state index contributed by atoms with van der Waals surface area (Å²) in [6.07, 6.45) is 0.781. The van der Waals surface area contributed by atoms with Gasteiger partial charge in [0.05, 0.1) is 29.4 Å². The van der Waals surface area contributed by atoms with E-state index in [9.17, 15) is 13.6 Å². The largest absolute Gasteiger partial charge is 0.419 e. The molecule has 1 amide bonds. The Morgan fingerprint density at radius 3 is 2.72 bits per heavy atom. The number of anilines is 1. The molecule has 6 nitrogen and oxygen atoms in total. The van der Waals surface area contributed by atoms with Gasteiger partial charge < -0.3 is 9.73 Å². The summed E-state index contributed by atoms with van der Waals surface area (Å²) < 4.78 is 32.4. The predicted octanol–water partition coefficient (Wildman–Crippen LogP) is 4.52. The molecule has 0 spiro atoms. The average molecular weight is 421 g/mol. The molecule has 0 unspecified atom stereocenters. The minimum Gasteiger partial charge on any atom is -0.419 e. The molecule has 9 heteroatoms. The van der Waals surface area contributed by atoms with Gasteiger partial charge in [0.1, 0.15) is 11.6 Å². The number of nitrogens with zero attached hydrogens (tertiary/aromatic N) is 3. The van der Waals surface area contributed by atoms with E-state index in [1.165, 1.54) is 6.07 Å². The molecule has 0 fully saturated rings. The van der Waals surface area contributed by atoms with Gasteiger partial charge in [-0.1, -0.05) is 30.7 Å². The molecule has 3 rings (SSSR count). The molecule has 0 radical (unpaired) electrons. The Morgan fingerprint density at radius 1 is 1.21 bits per heavy atom. The number of aromatic nitrogens is 2. The lowest BCUT2D eigenvalue weighted by atomic mass is 10.2. The van der Waals surface area contributed by atoms with Crippen molar-refractivity contribution in [3.8, 4) is 11.5 Å². The van der Waals surface area contributed by atoms with Crippen molar-refractivity contribution in [3.63, 3.8) is 0 Å². The highest BCUT2D eigenvalue weighted by Gasteiger charge is 2.17. The fourth-order valence-corrected chi connectivity index (χ4v) is 2.98. The molecule has 0 saturated carbocycles. The van der Waals surface area contributed by atoms with E-state index in [0.29, 0.717) is 35.0 Å². The zero-order chi connectivity index (χ0) is 20.8. The number of nitrogens with one attached hydrogen (secondary N) is 1. The quantitative estimate of drug-likeness (QED) is 0.580. The number of carbonyl (C=O) groups excluding carboxylic acids is 1. The first-order chi connectivity index (χ1) is 14.0. The highest BCUT2D eigenvalue weighted by Crippen LogP contribution is 2.26. The van der Waals surface area contributed by atoms with Gasteiger partial charge in [-0.05, 0) is 37.2 Å². The van der Waals surface area contributed by atoms with Crippen LogP contribution in [0.25, 0.3) is 11.5 Å². The topological polar surface area (TPSA) is 71.3 Å². The number of hydrogen-bond acceptors (Lipinski definition) is 5. The van der Waals surface area contributed by atoms with Gasteiger partial charge in [-0.25, -0.2) is 8.78 Å². The van der Waals surface area contributed by atoms with Gasteiger partial charge >= 0.3 is 0 Å². The minimum atomic E-state index is -0.832. The third-order valence-electron chi connectivity index (χ3n) is 4.04. The maximum atomic E-state index is 13.7. The predicted molar refractivity (Wildman–Crippen MR) is 105 cm³/mol. The monoisotopic (exact) mass is 420 g/mol. The number of carbonyl (C=O) groups is 1. The Labute approximate surface area is 171 Å². The molecule has 29 heavy (non-hydrogen) atoms. The van der Waals surface area contributed by atoms with E-state index in [2.05, 4.69) is 15.5 Å². The summed E-state index contributed by atoms with van der Waals surface area (Å²) in [6.45, 7) is 2.77. The van der Waals surface area contributed by atoms with Crippen LogP contribution in [-0.4, -0.2) is 34.1 Å². The summed E-state index contributed by atoms with van der Waals surface area (Å²) in [5.41, 5.74) is 0.547. The maximum absolute atomic E-state index is 13.7. The zero-order valence-corrected chi connectivity index (χ0v) is 16.4. The van der Waals surface area contributed by atoms with Crippen molar-refractivity contribution in [2.75, 3.05) is 18.4 Å². The molecule has 0 atom stereocenters. The molecule has 152 valence electrons. The zero-order valence-electron chi connectivity index (χ0n) is 15.7. The molecule has 1 heterocycles. The van der Waals surface area contributed by atoms with Crippen LogP contribution in [0.15, 0.2) is 46.9 Å². The van der Waals surface area contributed by atoms with E-state index in [1.54, 1.807) is 23.1 Å². The first kappa shape index (κ1) is 20.9. The van der Waals surface area contributed by atoms with Gasteiger partial charge in [-0.2, -0.15) is 0 Å². The Balaban J connectivity index is 1.66. The van der Waals surface area contributed by atoms with Gasteiger partial charge in [-0.3, -0.25) is 9.69 Å². The Bertz CT molecular complexity index is 996. The highest BCUT2D eigenvalue weighted by molar-refractivity contribution is 6.33. The van der Waals surface area contributed by atoms with E-state index in [4.69, 9.17) is 16.0 Å². The summed E-state index contributed by atoms with van der Waals surface area (Å²) in [6, 6.07) is 10.1. The Kier molecular flexibility index (Phi) is 6.90. The van der Waals surface area contributed by atoms with E-state index >= 15 is 0 Å². The van der Waals surface area contributed by atoms with Crippen LogP contribution in [0, 0.1) is 11.6 Å². The van der Waals surface area contributed by atoms with E-state index < -0.39 is 17.5 Å². The molecule has 0 aliphatic carbocycles. The van der Waals surface area contributed by atoms with Crippen molar-refractivity contribution in [2.45, 2.75) is 19.9 Å². The Hall–Kier alpha value is -2.84. The van der Waals surface area contributed by atoms with Crippen LogP contribution in [0.3, 0.4) is 0 Å². The van der Waals surface area contributed by atoms with Crippen LogP contribution in [0.1, 0.15) is 19.2 Å². The molecular formula is C20H19ClF2N4O2. The average Bonchev–Trinajstić information content (AvgIpc) is 3.13. The number of hydrogen-bond donors (Lipinski definition) is 1. The van der Waals surface area contributed by atoms with Crippen molar-refractivity contribution in [1.82, 2.24) is 15.1 Å². The van der Waals surface area contributed by atoms with E-state index in [1.807, 2.05) is 13.0 Å². The van der Waals surface area contributed by atoms with Gasteiger partial charge in [0.2, 0.25) is 17.7 Å². The second kappa shape index (κ2) is 9.58. The van der Waals surface area contributed by atoms with Crippen LogP contribution in [0.5, 0.6) is 0 Å². The highest BCUT2D eigenvalue weighted by atomic mass is 35.5. The maximum Gasteiger partial charge on any atom is 0.249 e. The van der Waals surface area contributed by atoms with Gasteiger partial charge in [0.25, 0.3) is 0 Å². The van der Waals surface area contributed by atoms with Crippen LogP contribution < -0.4 is 5.32 Å². The number of rotatable bonds is 8. The second-order valence-corrected chi connectivity index (χ2v) is 6.77. The van der Waals surface area contributed by atoms with Crippen molar-refractivity contribution in [2.24, 2.45) is 0 Å². The normalized spacial score (nSPS) is 11.1. The van der Waals surface area contributed by atoms with Crippen molar-refractivity contribution in [1.29, 1.82) is 0 Å². The number of benzene rings is 2. The van der Waals surface area contributed by atoms with Gasteiger partial charge in [-0.15, -0.1) is 10.2 Å². The second-order valence-electron chi connectivity index (χ2n) is 6.36. The summed E-state index contributed by atoms with van der Waals surface area (Å²) in [5.74, 6) is -1.36. The smallest absolute Gasteiger partial charge is 0.249 e. The summed E-state index contributed by atoms with van der Waals surface area (Å²) >= 11 is 6.15. The van der Waals surface area contributed by atoms with E-state index in [0.717, 1.165) is 12.5 Å². The third-order valence-corrected chi connectivity index (χ3v) is 4.37. The molecular weight excluding hydrogens is 402 g/mol. The van der Waals surface area contributed by atoms with Gasteiger partial charge in [0.15, 0.2) is 0 Å².